The Morgan fingerprint density at radius 2 is 2.18 bits per heavy atom. The molecule has 1 rings (SSSR count). The van der Waals surface area contributed by atoms with Crippen molar-refractivity contribution < 1.29 is 9.47 Å². The minimum atomic E-state index is -0.0961. The van der Waals surface area contributed by atoms with Gasteiger partial charge in [-0.2, -0.15) is 0 Å². The average Bonchev–Trinajstić information content (AvgIpc) is 2.23. The van der Waals surface area contributed by atoms with Crippen molar-refractivity contribution in [2.75, 3.05) is 33.4 Å². The van der Waals surface area contributed by atoms with Crippen LogP contribution in [-0.4, -0.2) is 55.5 Å². The van der Waals surface area contributed by atoms with E-state index in [1.54, 1.807) is 7.11 Å². The molecule has 4 heteroatoms. The number of hydrogen-bond donors (Lipinski definition) is 1. The molecule has 1 heterocycles. The van der Waals surface area contributed by atoms with Crippen LogP contribution in [0, 0.1) is 0 Å². The third-order valence-electron chi connectivity index (χ3n) is 3.62. The highest BCUT2D eigenvalue weighted by Crippen LogP contribution is 2.28. The van der Waals surface area contributed by atoms with Gasteiger partial charge < -0.3 is 15.2 Å². The first-order valence-electron chi connectivity index (χ1n) is 6.45. The van der Waals surface area contributed by atoms with E-state index in [-0.39, 0.29) is 17.2 Å². The molecule has 0 saturated carbocycles. The molecule has 102 valence electrons. The van der Waals surface area contributed by atoms with Crippen molar-refractivity contribution in [2.24, 2.45) is 5.73 Å². The predicted octanol–water partition coefficient (Wildman–Crippen LogP) is 1.24. The maximum atomic E-state index is 5.97. The Labute approximate surface area is 105 Å². The quantitative estimate of drug-likeness (QED) is 0.790. The van der Waals surface area contributed by atoms with E-state index in [0.29, 0.717) is 6.54 Å². The number of nitrogens with two attached hydrogens (primary N) is 1. The standard InChI is InChI=1S/C13H28N2O2/c1-11-8-15(10-12(2,3)17-11)13(4,9-14)6-7-16-5/h11H,6-10,14H2,1-5H3. The molecule has 0 aromatic heterocycles. The minimum absolute atomic E-state index is 0.00528. The summed E-state index contributed by atoms with van der Waals surface area (Å²) < 4.78 is 11.1. The van der Waals surface area contributed by atoms with Crippen molar-refractivity contribution in [1.82, 2.24) is 4.90 Å². The van der Waals surface area contributed by atoms with Gasteiger partial charge in [0.2, 0.25) is 0 Å². The first-order chi connectivity index (χ1) is 7.83. The Bertz CT molecular complexity index is 246. The van der Waals surface area contributed by atoms with Gasteiger partial charge in [-0.05, 0) is 34.1 Å². The Hall–Kier alpha value is -0.160. The van der Waals surface area contributed by atoms with Crippen LogP contribution < -0.4 is 5.73 Å². The molecule has 1 aliphatic heterocycles. The summed E-state index contributed by atoms with van der Waals surface area (Å²) in [6.45, 7) is 11.9. The Morgan fingerprint density at radius 1 is 1.53 bits per heavy atom. The van der Waals surface area contributed by atoms with E-state index < -0.39 is 0 Å². The van der Waals surface area contributed by atoms with Gasteiger partial charge >= 0.3 is 0 Å². The van der Waals surface area contributed by atoms with Crippen molar-refractivity contribution in [3.8, 4) is 0 Å². The fraction of sp³-hybridized carbons (Fsp3) is 1.00. The van der Waals surface area contributed by atoms with Crippen molar-refractivity contribution in [3.63, 3.8) is 0 Å². The molecule has 4 nitrogen and oxygen atoms in total. The van der Waals surface area contributed by atoms with E-state index in [0.717, 1.165) is 26.1 Å². The highest BCUT2D eigenvalue weighted by Gasteiger charge is 2.39. The van der Waals surface area contributed by atoms with Crippen molar-refractivity contribution in [2.45, 2.75) is 51.4 Å². The number of methoxy groups -OCH3 is 1. The zero-order chi connectivity index (χ0) is 13.1. The van der Waals surface area contributed by atoms with Crippen LogP contribution in [0.4, 0.5) is 0 Å². The molecule has 0 spiro atoms. The first kappa shape index (κ1) is 14.9. The number of ether oxygens (including phenoxy) is 2. The van der Waals surface area contributed by atoms with Crippen molar-refractivity contribution >= 4 is 0 Å². The number of hydrogen-bond acceptors (Lipinski definition) is 4. The number of rotatable bonds is 5. The SMILES string of the molecule is COCCC(C)(CN)N1CC(C)OC(C)(C)C1. The van der Waals surface area contributed by atoms with Gasteiger partial charge in [-0.25, -0.2) is 0 Å². The lowest BCUT2D eigenvalue weighted by molar-refractivity contribution is -0.152. The van der Waals surface area contributed by atoms with E-state index >= 15 is 0 Å². The largest absolute Gasteiger partial charge is 0.385 e. The monoisotopic (exact) mass is 244 g/mol. The highest BCUT2D eigenvalue weighted by atomic mass is 16.5. The summed E-state index contributed by atoms with van der Waals surface area (Å²) >= 11 is 0. The molecule has 0 aromatic carbocycles. The molecule has 0 aliphatic carbocycles. The lowest BCUT2D eigenvalue weighted by Gasteiger charge is -2.50. The summed E-state index contributed by atoms with van der Waals surface area (Å²) in [4.78, 5) is 2.46. The number of morpholine rings is 1. The first-order valence-corrected chi connectivity index (χ1v) is 6.45. The molecular weight excluding hydrogens is 216 g/mol. The van der Waals surface area contributed by atoms with Gasteiger partial charge in [-0.15, -0.1) is 0 Å². The summed E-state index contributed by atoms with van der Waals surface area (Å²) in [6.07, 6.45) is 1.22. The lowest BCUT2D eigenvalue weighted by Crippen LogP contribution is -2.62. The van der Waals surface area contributed by atoms with Crippen LogP contribution in [0.2, 0.25) is 0 Å². The highest BCUT2D eigenvalue weighted by molar-refractivity contribution is 4.94. The zero-order valence-corrected chi connectivity index (χ0v) is 12.0. The molecule has 0 radical (unpaired) electrons. The van der Waals surface area contributed by atoms with Gasteiger partial charge in [0, 0.05) is 38.9 Å². The van der Waals surface area contributed by atoms with Crippen molar-refractivity contribution in [3.05, 3.63) is 0 Å². The van der Waals surface area contributed by atoms with Crippen LogP contribution in [0.3, 0.4) is 0 Å². The second kappa shape index (κ2) is 5.65. The van der Waals surface area contributed by atoms with E-state index in [2.05, 4.69) is 32.6 Å². The second-order valence-corrected chi connectivity index (χ2v) is 6.01. The van der Waals surface area contributed by atoms with Gasteiger partial charge in [0.15, 0.2) is 0 Å². The van der Waals surface area contributed by atoms with Gasteiger partial charge in [0.05, 0.1) is 11.7 Å². The third kappa shape index (κ3) is 3.91. The van der Waals surface area contributed by atoms with Crippen molar-refractivity contribution in [1.29, 1.82) is 0 Å². The molecule has 2 atom stereocenters. The fourth-order valence-electron chi connectivity index (χ4n) is 2.58. The molecular formula is C13H28N2O2. The zero-order valence-electron chi connectivity index (χ0n) is 12.0. The summed E-state index contributed by atoms with van der Waals surface area (Å²) in [7, 11) is 1.74. The molecule has 0 amide bonds. The second-order valence-electron chi connectivity index (χ2n) is 6.01. The summed E-state index contributed by atoms with van der Waals surface area (Å²) in [5.74, 6) is 0. The van der Waals surface area contributed by atoms with E-state index in [4.69, 9.17) is 15.2 Å². The van der Waals surface area contributed by atoms with Crippen LogP contribution in [0.25, 0.3) is 0 Å². The van der Waals surface area contributed by atoms with Crippen LogP contribution in [0.15, 0.2) is 0 Å². The third-order valence-corrected chi connectivity index (χ3v) is 3.62. The Balaban J connectivity index is 2.73. The maximum Gasteiger partial charge on any atom is 0.0757 e. The van der Waals surface area contributed by atoms with Gasteiger partial charge in [-0.1, -0.05) is 0 Å². The molecule has 1 fully saturated rings. The Morgan fingerprint density at radius 3 is 2.65 bits per heavy atom. The lowest BCUT2D eigenvalue weighted by atomic mass is 9.92. The summed E-state index contributed by atoms with van der Waals surface area (Å²) in [5.41, 5.74) is 5.88. The molecule has 17 heavy (non-hydrogen) atoms. The molecule has 1 saturated heterocycles. The molecule has 1 aliphatic rings. The molecule has 2 N–H and O–H groups in total. The maximum absolute atomic E-state index is 5.97. The topological polar surface area (TPSA) is 47.7 Å². The Kier molecular flexibility index (Phi) is 4.95. The number of nitrogens with zero attached hydrogens (tertiary/aromatic N) is 1. The van der Waals surface area contributed by atoms with Crippen LogP contribution in [0.1, 0.15) is 34.1 Å². The van der Waals surface area contributed by atoms with Gasteiger partial charge in [0.1, 0.15) is 0 Å². The summed E-state index contributed by atoms with van der Waals surface area (Å²) in [6, 6.07) is 0. The average molecular weight is 244 g/mol. The van der Waals surface area contributed by atoms with E-state index in [1.807, 2.05) is 0 Å². The molecule has 0 bridgehead atoms. The van der Waals surface area contributed by atoms with Crippen LogP contribution in [0.5, 0.6) is 0 Å². The normalized spacial score (nSPS) is 28.9. The van der Waals surface area contributed by atoms with Gasteiger partial charge in [0.25, 0.3) is 0 Å². The molecule has 2 unspecified atom stereocenters. The smallest absolute Gasteiger partial charge is 0.0757 e. The van der Waals surface area contributed by atoms with Gasteiger partial charge in [-0.3, -0.25) is 4.90 Å². The molecule has 0 aromatic rings. The van der Waals surface area contributed by atoms with E-state index in [1.165, 1.54) is 0 Å². The van der Waals surface area contributed by atoms with Crippen LogP contribution >= 0.6 is 0 Å². The predicted molar refractivity (Wildman–Crippen MR) is 70.2 cm³/mol. The fourth-order valence-corrected chi connectivity index (χ4v) is 2.58. The van der Waals surface area contributed by atoms with Crippen LogP contribution in [-0.2, 0) is 9.47 Å². The van der Waals surface area contributed by atoms with E-state index in [9.17, 15) is 0 Å². The minimum Gasteiger partial charge on any atom is -0.385 e. The summed E-state index contributed by atoms with van der Waals surface area (Å²) in [5, 5.41) is 0.